The fraction of sp³-hybridized carbons (Fsp3) is 0.364. The molecule has 18 heavy (non-hydrogen) atoms. The van der Waals surface area contributed by atoms with Gasteiger partial charge in [-0.3, -0.25) is 4.90 Å². The van der Waals surface area contributed by atoms with E-state index in [4.69, 9.17) is 5.11 Å². The van der Waals surface area contributed by atoms with E-state index in [1.165, 1.54) is 13.8 Å². The number of rotatable bonds is 2. The van der Waals surface area contributed by atoms with Crippen LogP contribution in [0.15, 0.2) is 18.2 Å². The summed E-state index contributed by atoms with van der Waals surface area (Å²) in [7, 11) is 0. The first-order chi connectivity index (χ1) is 8.14. The molecule has 0 saturated carbocycles. The van der Waals surface area contributed by atoms with Crippen LogP contribution in [0.2, 0.25) is 0 Å². The number of nitrogens with zero attached hydrogens (tertiary/aromatic N) is 1. The van der Waals surface area contributed by atoms with Crippen LogP contribution in [-0.2, 0) is 6.18 Å². The molecule has 0 unspecified atom stereocenters. The normalized spacial score (nSPS) is 11.7. The molecule has 0 fully saturated rings. The number of halogens is 4. The van der Waals surface area contributed by atoms with Gasteiger partial charge in [-0.05, 0) is 32.0 Å². The number of amides is 1. The van der Waals surface area contributed by atoms with Crippen LogP contribution in [0.1, 0.15) is 19.4 Å². The summed E-state index contributed by atoms with van der Waals surface area (Å²) in [6.07, 6.45) is -6.16. The quantitative estimate of drug-likeness (QED) is 0.827. The molecule has 0 aliphatic heterocycles. The third-order valence-corrected chi connectivity index (χ3v) is 2.26. The summed E-state index contributed by atoms with van der Waals surface area (Å²) >= 11 is 0. The van der Waals surface area contributed by atoms with E-state index in [0.717, 1.165) is 0 Å². The van der Waals surface area contributed by atoms with E-state index < -0.39 is 35.4 Å². The number of hydrogen-bond acceptors (Lipinski definition) is 1. The predicted molar refractivity (Wildman–Crippen MR) is 57.0 cm³/mol. The van der Waals surface area contributed by atoms with Crippen LogP contribution in [0.5, 0.6) is 0 Å². The highest BCUT2D eigenvalue weighted by Crippen LogP contribution is 2.33. The van der Waals surface area contributed by atoms with E-state index in [0.29, 0.717) is 23.1 Å². The molecule has 0 spiro atoms. The van der Waals surface area contributed by atoms with Crippen molar-refractivity contribution < 1.29 is 27.5 Å². The minimum absolute atomic E-state index is 0.490. The zero-order valence-electron chi connectivity index (χ0n) is 9.62. The first-order valence-corrected chi connectivity index (χ1v) is 5.03. The van der Waals surface area contributed by atoms with Gasteiger partial charge in [0.15, 0.2) is 0 Å². The fourth-order valence-electron chi connectivity index (χ4n) is 1.48. The van der Waals surface area contributed by atoms with Crippen molar-refractivity contribution in [3.63, 3.8) is 0 Å². The maximum Gasteiger partial charge on any atom is 0.416 e. The third kappa shape index (κ3) is 2.91. The van der Waals surface area contributed by atoms with Crippen molar-refractivity contribution in [1.29, 1.82) is 0 Å². The summed E-state index contributed by atoms with van der Waals surface area (Å²) < 4.78 is 50.9. The van der Waals surface area contributed by atoms with Crippen molar-refractivity contribution in [2.24, 2.45) is 0 Å². The van der Waals surface area contributed by atoms with Crippen molar-refractivity contribution in [2.45, 2.75) is 26.1 Å². The Bertz CT molecular complexity index is 457. The van der Waals surface area contributed by atoms with Gasteiger partial charge in [0.05, 0.1) is 11.3 Å². The van der Waals surface area contributed by atoms with E-state index >= 15 is 0 Å². The highest BCUT2D eigenvalue weighted by molar-refractivity contribution is 5.86. The van der Waals surface area contributed by atoms with Gasteiger partial charge < -0.3 is 5.11 Å². The Morgan fingerprint density at radius 1 is 1.33 bits per heavy atom. The number of carbonyl (C=O) groups is 1. The van der Waals surface area contributed by atoms with Gasteiger partial charge in [-0.2, -0.15) is 13.2 Å². The van der Waals surface area contributed by atoms with Gasteiger partial charge in [0.2, 0.25) is 0 Å². The minimum Gasteiger partial charge on any atom is -0.465 e. The average Bonchev–Trinajstić information content (AvgIpc) is 2.18. The Balaban J connectivity index is 3.34. The molecule has 3 nitrogen and oxygen atoms in total. The van der Waals surface area contributed by atoms with E-state index in [9.17, 15) is 22.4 Å². The standard InChI is InChI=1S/C11H11F4NO2/c1-6(2)16(10(17)18)9-5-7(11(13,14)15)3-4-8(9)12/h3-6H,1-2H3,(H,17,18). The van der Waals surface area contributed by atoms with Crippen LogP contribution in [-0.4, -0.2) is 17.2 Å². The molecule has 0 atom stereocenters. The molecule has 1 aromatic rings. The van der Waals surface area contributed by atoms with E-state index in [-0.39, 0.29) is 0 Å². The van der Waals surface area contributed by atoms with Crippen LogP contribution in [0.3, 0.4) is 0 Å². The second-order valence-corrected chi connectivity index (χ2v) is 3.91. The average molecular weight is 265 g/mol. The first-order valence-electron chi connectivity index (χ1n) is 5.03. The number of anilines is 1. The van der Waals surface area contributed by atoms with E-state index in [1.807, 2.05) is 0 Å². The molecule has 0 aliphatic carbocycles. The summed E-state index contributed by atoms with van der Waals surface area (Å²) in [5.74, 6) is -1.01. The van der Waals surface area contributed by atoms with Crippen LogP contribution in [0, 0.1) is 5.82 Å². The maximum absolute atomic E-state index is 13.5. The number of hydrogen-bond donors (Lipinski definition) is 1. The summed E-state index contributed by atoms with van der Waals surface area (Å²) in [6.45, 7) is 2.88. The summed E-state index contributed by atoms with van der Waals surface area (Å²) in [6, 6.07) is 0.986. The topological polar surface area (TPSA) is 40.5 Å². The SMILES string of the molecule is CC(C)N(C(=O)O)c1cc(C(F)(F)F)ccc1F. The molecule has 0 radical (unpaired) electrons. The summed E-state index contributed by atoms with van der Waals surface area (Å²) in [5.41, 5.74) is -1.70. The Morgan fingerprint density at radius 3 is 2.28 bits per heavy atom. The molecule has 0 saturated heterocycles. The minimum atomic E-state index is -4.65. The molecule has 100 valence electrons. The van der Waals surface area contributed by atoms with E-state index in [2.05, 4.69) is 0 Å². The summed E-state index contributed by atoms with van der Waals surface area (Å²) in [5, 5.41) is 8.89. The molecule has 1 aromatic carbocycles. The maximum atomic E-state index is 13.5. The first kappa shape index (κ1) is 14.3. The highest BCUT2D eigenvalue weighted by atomic mass is 19.4. The second-order valence-electron chi connectivity index (χ2n) is 3.91. The van der Waals surface area contributed by atoms with Gasteiger partial charge in [0, 0.05) is 6.04 Å². The van der Waals surface area contributed by atoms with Gasteiger partial charge in [-0.1, -0.05) is 0 Å². The van der Waals surface area contributed by atoms with Gasteiger partial charge in [-0.25, -0.2) is 9.18 Å². The predicted octanol–water partition coefficient (Wildman–Crippen LogP) is 3.74. The second kappa shape index (κ2) is 4.83. The lowest BCUT2D eigenvalue weighted by atomic mass is 10.1. The molecular weight excluding hydrogens is 254 g/mol. The zero-order valence-corrected chi connectivity index (χ0v) is 9.62. The van der Waals surface area contributed by atoms with Gasteiger partial charge >= 0.3 is 12.3 Å². The largest absolute Gasteiger partial charge is 0.465 e. The van der Waals surface area contributed by atoms with Gasteiger partial charge in [-0.15, -0.1) is 0 Å². The monoisotopic (exact) mass is 265 g/mol. The lowest BCUT2D eigenvalue weighted by Gasteiger charge is -2.24. The molecule has 1 amide bonds. The van der Waals surface area contributed by atoms with Crippen molar-refractivity contribution in [1.82, 2.24) is 0 Å². The molecular formula is C11H11F4NO2. The Kier molecular flexibility index (Phi) is 3.83. The Labute approximate surface area is 101 Å². The van der Waals surface area contributed by atoms with Crippen LogP contribution in [0.25, 0.3) is 0 Å². The van der Waals surface area contributed by atoms with Crippen LogP contribution >= 0.6 is 0 Å². The lowest BCUT2D eigenvalue weighted by molar-refractivity contribution is -0.137. The zero-order chi connectivity index (χ0) is 14.1. The Hall–Kier alpha value is -1.79. The van der Waals surface area contributed by atoms with Gasteiger partial charge in [0.25, 0.3) is 0 Å². The lowest BCUT2D eigenvalue weighted by Crippen LogP contribution is -2.36. The van der Waals surface area contributed by atoms with Crippen molar-refractivity contribution >= 4 is 11.8 Å². The third-order valence-electron chi connectivity index (χ3n) is 2.26. The number of alkyl halides is 3. The Morgan fingerprint density at radius 2 is 1.89 bits per heavy atom. The van der Waals surface area contributed by atoms with Crippen LogP contribution in [0.4, 0.5) is 28.0 Å². The van der Waals surface area contributed by atoms with Crippen molar-refractivity contribution in [3.05, 3.63) is 29.6 Å². The van der Waals surface area contributed by atoms with Crippen molar-refractivity contribution in [3.8, 4) is 0 Å². The molecule has 7 heteroatoms. The molecule has 1 rings (SSSR count). The summed E-state index contributed by atoms with van der Waals surface area (Å²) in [4.78, 5) is 11.5. The highest BCUT2D eigenvalue weighted by Gasteiger charge is 2.32. The molecule has 0 aromatic heterocycles. The fourth-order valence-corrected chi connectivity index (χ4v) is 1.48. The molecule has 0 aliphatic rings. The molecule has 0 heterocycles. The molecule has 1 N–H and O–H groups in total. The van der Waals surface area contributed by atoms with E-state index in [1.54, 1.807) is 0 Å². The van der Waals surface area contributed by atoms with Gasteiger partial charge in [0.1, 0.15) is 5.82 Å². The van der Waals surface area contributed by atoms with Crippen molar-refractivity contribution in [2.75, 3.05) is 4.90 Å². The number of benzene rings is 1. The molecule has 0 bridgehead atoms. The van der Waals surface area contributed by atoms with Crippen LogP contribution < -0.4 is 4.90 Å². The number of carboxylic acid groups (broad SMARTS) is 1. The smallest absolute Gasteiger partial charge is 0.416 e.